The Kier molecular flexibility index (Phi) is 4.73. The highest BCUT2D eigenvalue weighted by molar-refractivity contribution is 9.10. The van der Waals surface area contributed by atoms with Gasteiger partial charge in [-0.15, -0.1) is 0 Å². The van der Waals surface area contributed by atoms with Gasteiger partial charge in [-0.05, 0) is 41.1 Å². The molecule has 1 heterocycles. The van der Waals surface area contributed by atoms with E-state index in [2.05, 4.69) is 20.9 Å². The van der Waals surface area contributed by atoms with Gasteiger partial charge in [0.05, 0.1) is 9.50 Å². The third kappa shape index (κ3) is 3.00. The van der Waals surface area contributed by atoms with Crippen molar-refractivity contribution in [2.24, 2.45) is 0 Å². The van der Waals surface area contributed by atoms with Crippen LogP contribution in [0.2, 0.25) is 10.0 Å². The van der Waals surface area contributed by atoms with E-state index in [9.17, 15) is 4.39 Å². The molecule has 0 aliphatic carbocycles. The number of anilines is 1. The van der Waals surface area contributed by atoms with Crippen LogP contribution in [0.3, 0.4) is 0 Å². The summed E-state index contributed by atoms with van der Waals surface area (Å²) in [7, 11) is 0. The van der Waals surface area contributed by atoms with Crippen molar-refractivity contribution in [3.63, 3.8) is 0 Å². The predicted octanol–water partition coefficient (Wildman–Crippen LogP) is 5.01. The Morgan fingerprint density at radius 1 is 1.35 bits per heavy atom. The van der Waals surface area contributed by atoms with Crippen LogP contribution in [0.5, 0.6) is 5.75 Å². The van der Waals surface area contributed by atoms with Crippen LogP contribution >= 0.6 is 39.1 Å². The lowest BCUT2D eigenvalue weighted by molar-refractivity contribution is 0.226. The molecule has 1 aromatic heterocycles. The highest BCUT2D eigenvalue weighted by Gasteiger charge is 2.20. The van der Waals surface area contributed by atoms with Crippen LogP contribution in [0.25, 0.3) is 0 Å². The van der Waals surface area contributed by atoms with Gasteiger partial charge in [-0.2, -0.15) is 0 Å². The maximum absolute atomic E-state index is 13.5. The van der Waals surface area contributed by atoms with Crippen LogP contribution in [-0.2, 0) is 0 Å². The lowest BCUT2D eigenvalue weighted by Gasteiger charge is -2.19. The molecule has 3 nitrogen and oxygen atoms in total. The fourth-order valence-electron chi connectivity index (χ4n) is 1.71. The standard InChI is InChI=1S/C13H10BrCl2FN2O/c1-6(10-8(15)2-3-9(17)11(10)16)20-12-7(14)4-5-19-13(12)18/h2-6H,1H3,(H2,18,19). The largest absolute Gasteiger partial charge is 0.481 e. The van der Waals surface area contributed by atoms with Gasteiger partial charge in [-0.1, -0.05) is 23.2 Å². The van der Waals surface area contributed by atoms with E-state index >= 15 is 0 Å². The van der Waals surface area contributed by atoms with Crippen molar-refractivity contribution in [2.75, 3.05) is 5.73 Å². The number of hydrogen-bond acceptors (Lipinski definition) is 3. The molecule has 2 N–H and O–H groups in total. The molecule has 1 atom stereocenters. The minimum Gasteiger partial charge on any atom is -0.481 e. The molecule has 0 saturated heterocycles. The topological polar surface area (TPSA) is 48.1 Å². The van der Waals surface area contributed by atoms with Crippen LogP contribution in [0, 0.1) is 5.82 Å². The Labute approximate surface area is 134 Å². The van der Waals surface area contributed by atoms with E-state index in [1.165, 1.54) is 12.1 Å². The average molecular weight is 380 g/mol. The summed E-state index contributed by atoms with van der Waals surface area (Å²) in [5, 5.41) is 0.256. The summed E-state index contributed by atoms with van der Waals surface area (Å²) in [5.41, 5.74) is 6.11. The molecule has 1 unspecified atom stereocenters. The van der Waals surface area contributed by atoms with E-state index in [4.69, 9.17) is 33.7 Å². The minimum atomic E-state index is -0.589. The molecular formula is C13H10BrCl2FN2O. The van der Waals surface area contributed by atoms with E-state index in [-0.39, 0.29) is 10.8 Å². The van der Waals surface area contributed by atoms with E-state index in [1.807, 2.05) is 0 Å². The third-order valence-corrected chi connectivity index (χ3v) is 4.00. The van der Waals surface area contributed by atoms with Gasteiger partial charge in [0.1, 0.15) is 11.9 Å². The minimum absolute atomic E-state index is 0.0661. The molecular weight excluding hydrogens is 370 g/mol. The Balaban J connectivity index is 2.38. The summed E-state index contributed by atoms with van der Waals surface area (Å²) in [5.74, 6) is 0.0195. The van der Waals surface area contributed by atoms with Crippen LogP contribution < -0.4 is 10.5 Å². The number of halogens is 4. The lowest BCUT2D eigenvalue weighted by atomic mass is 10.1. The van der Waals surface area contributed by atoms with E-state index < -0.39 is 11.9 Å². The maximum Gasteiger partial charge on any atom is 0.176 e. The first kappa shape index (κ1) is 15.4. The first-order chi connectivity index (χ1) is 9.41. The number of hydrogen-bond donors (Lipinski definition) is 1. The zero-order chi connectivity index (χ0) is 14.9. The van der Waals surface area contributed by atoms with E-state index in [0.717, 1.165) is 0 Å². The van der Waals surface area contributed by atoms with Crippen molar-refractivity contribution in [3.05, 3.63) is 50.3 Å². The molecule has 0 bridgehead atoms. The molecule has 0 radical (unpaired) electrons. The van der Waals surface area contributed by atoms with Gasteiger partial charge in [0, 0.05) is 16.8 Å². The van der Waals surface area contributed by atoms with Gasteiger partial charge < -0.3 is 10.5 Å². The number of pyridine rings is 1. The lowest BCUT2D eigenvalue weighted by Crippen LogP contribution is -2.08. The van der Waals surface area contributed by atoms with Crippen molar-refractivity contribution in [1.82, 2.24) is 4.98 Å². The second kappa shape index (κ2) is 6.16. The number of nitrogen functional groups attached to an aromatic ring is 1. The number of rotatable bonds is 3. The first-order valence-electron chi connectivity index (χ1n) is 5.61. The molecule has 7 heteroatoms. The van der Waals surface area contributed by atoms with Crippen LogP contribution in [0.4, 0.5) is 10.2 Å². The van der Waals surface area contributed by atoms with Crippen LogP contribution in [0.15, 0.2) is 28.9 Å². The highest BCUT2D eigenvalue weighted by atomic mass is 79.9. The van der Waals surface area contributed by atoms with Gasteiger partial charge in [-0.3, -0.25) is 0 Å². The van der Waals surface area contributed by atoms with Gasteiger partial charge >= 0.3 is 0 Å². The Morgan fingerprint density at radius 3 is 2.70 bits per heavy atom. The van der Waals surface area contributed by atoms with Crippen molar-refractivity contribution in [2.45, 2.75) is 13.0 Å². The van der Waals surface area contributed by atoms with Crippen molar-refractivity contribution < 1.29 is 9.13 Å². The van der Waals surface area contributed by atoms with Gasteiger partial charge in [0.25, 0.3) is 0 Å². The molecule has 0 saturated carbocycles. The second-order valence-corrected chi connectivity index (χ2v) is 5.66. The molecule has 0 spiro atoms. The smallest absolute Gasteiger partial charge is 0.176 e. The first-order valence-corrected chi connectivity index (χ1v) is 7.16. The molecule has 0 fully saturated rings. The molecule has 0 amide bonds. The average Bonchev–Trinajstić information content (AvgIpc) is 2.39. The highest BCUT2D eigenvalue weighted by Crippen LogP contribution is 2.38. The Hall–Kier alpha value is -1.04. The van der Waals surface area contributed by atoms with Gasteiger partial charge in [-0.25, -0.2) is 9.37 Å². The number of nitrogens with zero attached hydrogens (tertiary/aromatic N) is 1. The fraction of sp³-hybridized carbons (Fsp3) is 0.154. The summed E-state index contributed by atoms with van der Waals surface area (Å²) in [6, 6.07) is 4.32. The quantitative estimate of drug-likeness (QED) is 0.762. The summed E-state index contributed by atoms with van der Waals surface area (Å²) in [4.78, 5) is 3.93. The summed E-state index contributed by atoms with van der Waals surface area (Å²) >= 11 is 15.3. The van der Waals surface area contributed by atoms with E-state index in [0.29, 0.717) is 20.8 Å². The summed E-state index contributed by atoms with van der Waals surface area (Å²) in [6.07, 6.45) is 0.951. The van der Waals surface area contributed by atoms with Gasteiger partial charge in [0.15, 0.2) is 11.6 Å². The molecule has 2 rings (SSSR count). The predicted molar refractivity (Wildman–Crippen MR) is 81.8 cm³/mol. The number of aromatic nitrogens is 1. The number of ether oxygens (including phenoxy) is 1. The summed E-state index contributed by atoms with van der Waals surface area (Å²) < 4.78 is 19.9. The molecule has 2 aromatic rings. The monoisotopic (exact) mass is 378 g/mol. The SMILES string of the molecule is CC(Oc1c(Br)ccnc1N)c1c(Cl)ccc(F)c1Cl. The molecule has 1 aromatic carbocycles. The second-order valence-electron chi connectivity index (χ2n) is 4.02. The number of nitrogens with two attached hydrogens (primary N) is 1. The maximum atomic E-state index is 13.5. The van der Waals surface area contributed by atoms with Crippen molar-refractivity contribution in [1.29, 1.82) is 0 Å². The van der Waals surface area contributed by atoms with E-state index in [1.54, 1.807) is 19.2 Å². The van der Waals surface area contributed by atoms with Gasteiger partial charge in [0.2, 0.25) is 0 Å². The van der Waals surface area contributed by atoms with Crippen LogP contribution in [0.1, 0.15) is 18.6 Å². The molecule has 106 valence electrons. The molecule has 0 aliphatic heterocycles. The molecule has 0 aliphatic rings. The van der Waals surface area contributed by atoms with Crippen LogP contribution in [-0.4, -0.2) is 4.98 Å². The zero-order valence-corrected chi connectivity index (χ0v) is 13.4. The molecule has 20 heavy (non-hydrogen) atoms. The Morgan fingerprint density at radius 2 is 2.05 bits per heavy atom. The normalized spacial score (nSPS) is 12.2. The van der Waals surface area contributed by atoms with Crippen molar-refractivity contribution >= 4 is 44.9 Å². The third-order valence-electron chi connectivity index (χ3n) is 2.66. The number of benzene rings is 1. The van der Waals surface area contributed by atoms with Crippen molar-refractivity contribution in [3.8, 4) is 5.75 Å². The zero-order valence-electron chi connectivity index (χ0n) is 10.3. The fourth-order valence-corrected chi connectivity index (χ4v) is 2.80. The Bertz CT molecular complexity index is 634. The summed E-state index contributed by atoms with van der Waals surface area (Å²) in [6.45, 7) is 1.70.